The monoisotopic (exact) mass is 422 g/mol. The highest BCUT2D eigenvalue weighted by atomic mass is 19.4. The smallest absolute Gasteiger partial charge is 0.401 e. The van der Waals surface area contributed by atoms with Gasteiger partial charge in [-0.25, -0.2) is 4.98 Å². The van der Waals surface area contributed by atoms with Crippen LogP contribution in [0.2, 0.25) is 0 Å². The van der Waals surface area contributed by atoms with Crippen molar-refractivity contribution < 1.29 is 27.5 Å². The highest BCUT2D eigenvalue weighted by molar-refractivity contribution is 6.11. The van der Waals surface area contributed by atoms with Gasteiger partial charge >= 0.3 is 6.18 Å². The van der Waals surface area contributed by atoms with Gasteiger partial charge in [-0.2, -0.15) is 17.6 Å². The standard InChI is InChI=1S/C20H18F4N4O2/c1-10(11-3-2-4-12(7-11)13-5-6-14(21)27-9-13)17(25)16-18(26)28-15(29)8-19(16,30)20(22,23)24/h2-7,9-10,30H,8,25H2,1H3,(H2,26,28,29). The van der Waals surface area contributed by atoms with Gasteiger partial charge in [0.15, 0.2) is 5.60 Å². The lowest BCUT2D eigenvalue weighted by molar-refractivity contribution is -0.244. The first kappa shape index (κ1) is 21.4. The van der Waals surface area contributed by atoms with Crippen LogP contribution in [0.3, 0.4) is 0 Å². The summed E-state index contributed by atoms with van der Waals surface area (Å²) in [4.78, 5) is 15.1. The van der Waals surface area contributed by atoms with Crippen LogP contribution in [0, 0.1) is 11.4 Å². The zero-order valence-corrected chi connectivity index (χ0v) is 15.7. The molecule has 2 atom stereocenters. The van der Waals surface area contributed by atoms with Crippen LogP contribution < -0.4 is 11.1 Å². The molecule has 10 heteroatoms. The van der Waals surface area contributed by atoms with E-state index in [1.807, 2.05) is 5.32 Å². The maximum Gasteiger partial charge on any atom is 0.422 e. The molecule has 30 heavy (non-hydrogen) atoms. The van der Waals surface area contributed by atoms with E-state index in [1.54, 1.807) is 24.3 Å². The van der Waals surface area contributed by atoms with E-state index in [4.69, 9.17) is 11.1 Å². The predicted octanol–water partition coefficient (Wildman–Crippen LogP) is 2.99. The average molecular weight is 422 g/mol. The third kappa shape index (κ3) is 3.78. The molecule has 1 aliphatic heterocycles. The Morgan fingerprint density at radius 2 is 2.00 bits per heavy atom. The van der Waals surface area contributed by atoms with Crippen LogP contribution in [0.15, 0.2) is 53.9 Å². The molecule has 2 heterocycles. The molecule has 0 saturated carbocycles. The maximum atomic E-state index is 13.6. The van der Waals surface area contributed by atoms with Crippen LogP contribution in [-0.4, -0.2) is 33.6 Å². The minimum absolute atomic E-state index is 0.394. The number of nitrogens with zero attached hydrogens (tertiary/aromatic N) is 1. The molecule has 0 spiro atoms. The van der Waals surface area contributed by atoms with E-state index >= 15 is 0 Å². The van der Waals surface area contributed by atoms with Gasteiger partial charge < -0.3 is 16.2 Å². The molecule has 5 N–H and O–H groups in total. The SMILES string of the molecule is CC(C(N)=C1C(=N)NC(=O)CC1(O)C(F)(F)F)c1cccc(-c2ccc(F)nc2)c1. The van der Waals surface area contributed by atoms with Crippen LogP contribution in [0.4, 0.5) is 17.6 Å². The number of aliphatic hydroxyl groups is 1. The Morgan fingerprint density at radius 3 is 2.60 bits per heavy atom. The third-order valence-corrected chi connectivity index (χ3v) is 5.02. The predicted molar refractivity (Wildman–Crippen MR) is 101 cm³/mol. The fourth-order valence-electron chi connectivity index (χ4n) is 3.33. The molecule has 0 aliphatic carbocycles. The van der Waals surface area contributed by atoms with Crippen molar-refractivity contribution in [1.82, 2.24) is 10.3 Å². The number of carbonyl (C=O) groups is 1. The molecular formula is C20H18F4N4O2. The van der Waals surface area contributed by atoms with Gasteiger partial charge in [-0.3, -0.25) is 10.2 Å². The number of halogens is 4. The number of benzene rings is 1. The third-order valence-electron chi connectivity index (χ3n) is 5.02. The molecule has 2 aromatic rings. The second kappa shape index (κ2) is 7.52. The van der Waals surface area contributed by atoms with Crippen molar-refractivity contribution >= 4 is 11.7 Å². The minimum Gasteiger partial charge on any atom is -0.401 e. The molecular weight excluding hydrogens is 404 g/mol. The lowest BCUT2D eigenvalue weighted by Gasteiger charge is -2.37. The van der Waals surface area contributed by atoms with Crippen LogP contribution in [0.5, 0.6) is 0 Å². The molecule has 1 aromatic carbocycles. The number of hydrogen-bond acceptors (Lipinski definition) is 5. The maximum absolute atomic E-state index is 13.6. The number of aromatic nitrogens is 1. The van der Waals surface area contributed by atoms with Gasteiger partial charge in [0.2, 0.25) is 11.9 Å². The van der Waals surface area contributed by atoms with E-state index in [-0.39, 0.29) is 0 Å². The largest absolute Gasteiger partial charge is 0.422 e. The van der Waals surface area contributed by atoms with Crippen molar-refractivity contribution in [2.24, 2.45) is 5.73 Å². The molecule has 6 nitrogen and oxygen atoms in total. The fourth-order valence-corrected chi connectivity index (χ4v) is 3.33. The van der Waals surface area contributed by atoms with E-state index in [1.165, 1.54) is 25.3 Å². The summed E-state index contributed by atoms with van der Waals surface area (Å²) in [7, 11) is 0. The van der Waals surface area contributed by atoms with E-state index < -0.39 is 53.1 Å². The van der Waals surface area contributed by atoms with E-state index in [9.17, 15) is 27.5 Å². The summed E-state index contributed by atoms with van der Waals surface area (Å²) >= 11 is 0. The number of nitrogens with two attached hydrogens (primary N) is 1. The van der Waals surface area contributed by atoms with Crippen molar-refractivity contribution in [2.75, 3.05) is 0 Å². The number of amidine groups is 1. The van der Waals surface area contributed by atoms with E-state index in [0.717, 1.165) is 0 Å². The number of carbonyl (C=O) groups excluding carboxylic acids is 1. The number of hydrogen-bond donors (Lipinski definition) is 4. The first-order valence-corrected chi connectivity index (χ1v) is 8.84. The van der Waals surface area contributed by atoms with Gasteiger partial charge in [-0.15, -0.1) is 0 Å². The second-order valence-electron chi connectivity index (χ2n) is 7.01. The lowest BCUT2D eigenvalue weighted by Crippen LogP contribution is -2.59. The van der Waals surface area contributed by atoms with Gasteiger partial charge in [0.05, 0.1) is 12.0 Å². The van der Waals surface area contributed by atoms with Crippen LogP contribution in [-0.2, 0) is 4.79 Å². The Bertz CT molecular complexity index is 1030. The van der Waals surface area contributed by atoms with Crippen molar-refractivity contribution in [1.29, 1.82) is 5.41 Å². The lowest BCUT2D eigenvalue weighted by atomic mass is 9.80. The van der Waals surface area contributed by atoms with Gasteiger partial charge in [-0.05, 0) is 23.3 Å². The first-order chi connectivity index (χ1) is 13.9. The van der Waals surface area contributed by atoms with E-state index in [2.05, 4.69) is 4.98 Å². The normalized spacial score (nSPS) is 22.5. The number of piperidine rings is 1. The first-order valence-electron chi connectivity index (χ1n) is 8.84. The van der Waals surface area contributed by atoms with E-state index in [0.29, 0.717) is 16.7 Å². The van der Waals surface area contributed by atoms with Crippen LogP contribution in [0.25, 0.3) is 11.1 Å². The molecule has 1 saturated heterocycles. The molecule has 0 bridgehead atoms. The summed E-state index contributed by atoms with van der Waals surface area (Å²) in [5.41, 5.74) is 2.88. The van der Waals surface area contributed by atoms with Crippen molar-refractivity contribution in [2.45, 2.75) is 31.0 Å². The van der Waals surface area contributed by atoms with Gasteiger partial charge in [0.1, 0.15) is 5.84 Å². The molecule has 0 radical (unpaired) electrons. The molecule has 1 aliphatic rings. The number of alkyl halides is 3. The Kier molecular flexibility index (Phi) is 5.38. The Morgan fingerprint density at radius 1 is 1.30 bits per heavy atom. The quantitative estimate of drug-likeness (QED) is 0.450. The number of amides is 1. The van der Waals surface area contributed by atoms with Crippen LogP contribution >= 0.6 is 0 Å². The van der Waals surface area contributed by atoms with Gasteiger partial charge in [0.25, 0.3) is 0 Å². The summed E-state index contributed by atoms with van der Waals surface area (Å²) in [5, 5.41) is 20.1. The van der Waals surface area contributed by atoms with Gasteiger partial charge in [0, 0.05) is 23.4 Å². The summed E-state index contributed by atoms with van der Waals surface area (Å²) < 4.78 is 53.9. The second-order valence-corrected chi connectivity index (χ2v) is 7.01. The molecule has 158 valence electrons. The fraction of sp³-hybridized carbons (Fsp3) is 0.250. The zero-order valence-electron chi connectivity index (χ0n) is 15.7. The summed E-state index contributed by atoms with van der Waals surface area (Å²) in [6.45, 7) is 1.52. The Hall–Kier alpha value is -3.27. The number of rotatable bonds is 3. The Balaban J connectivity index is 2.07. The number of nitrogens with one attached hydrogen (secondary N) is 2. The molecule has 1 fully saturated rings. The molecule has 1 amide bonds. The Labute approximate surface area is 168 Å². The average Bonchev–Trinajstić information content (AvgIpc) is 2.66. The summed E-state index contributed by atoms with van der Waals surface area (Å²) in [6.07, 6.45) is -5.18. The molecule has 3 rings (SSSR count). The van der Waals surface area contributed by atoms with Crippen LogP contribution in [0.1, 0.15) is 24.8 Å². The van der Waals surface area contributed by atoms with Crippen molar-refractivity contribution in [3.63, 3.8) is 0 Å². The van der Waals surface area contributed by atoms with Crippen molar-refractivity contribution in [3.05, 3.63) is 65.4 Å². The molecule has 2 unspecified atom stereocenters. The van der Waals surface area contributed by atoms with Crippen molar-refractivity contribution in [3.8, 4) is 11.1 Å². The number of pyridine rings is 1. The minimum atomic E-state index is -5.21. The van der Waals surface area contributed by atoms with Gasteiger partial charge in [-0.1, -0.05) is 31.2 Å². The molecule has 1 aromatic heterocycles. The summed E-state index contributed by atoms with van der Waals surface area (Å²) in [6, 6.07) is 9.30. The highest BCUT2D eigenvalue weighted by Crippen LogP contribution is 2.43. The topological polar surface area (TPSA) is 112 Å². The zero-order chi connectivity index (χ0) is 22.3. The number of allylic oxidation sites excluding steroid dienone is 1. The highest BCUT2D eigenvalue weighted by Gasteiger charge is 2.61. The summed E-state index contributed by atoms with van der Waals surface area (Å²) in [5.74, 6) is -3.51.